The fourth-order valence-corrected chi connectivity index (χ4v) is 4.59. The third-order valence-corrected chi connectivity index (χ3v) is 6.19. The van der Waals surface area contributed by atoms with Gasteiger partial charge in [0.1, 0.15) is 5.82 Å². The van der Waals surface area contributed by atoms with Crippen LogP contribution in [0.15, 0.2) is 24.4 Å². The minimum absolute atomic E-state index is 0. The van der Waals surface area contributed by atoms with Crippen molar-refractivity contribution < 1.29 is 14.3 Å². The van der Waals surface area contributed by atoms with E-state index in [9.17, 15) is 4.79 Å². The Morgan fingerprint density at radius 2 is 1.97 bits per heavy atom. The van der Waals surface area contributed by atoms with Gasteiger partial charge in [-0.3, -0.25) is 4.79 Å². The third kappa shape index (κ3) is 3.70. The van der Waals surface area contributed by atoms with Gasteiger partial charge in [0.2, 0.25) is 12.7 Å². The predicted molar refractivity (Wildman–Crippen MR) is 109 cm³/mol. The lowest BCUT2D eigenvalue weighted by Crippen LogP contribution is -2.37. The molecule has 2 aromatic rings. The van der Waals surface area contributed by atoms with Crippen molar-refractivity contribution in [2.24, 2.45) is 5.92 Å². The van der Waals surface area contributed by atoms with E-state index in [2.05, 4.69) is 14.9 Å². The molecule has 8 nitrogen and oxygen atoms in total. The molecule has 3 aliphatic heterocycles. The standard InChI is InChI=1S/C21H26N4O3.H3N/c1-24-17(9-15(21(24)26)12-25-7-3-2-4-8-25)20-22-11-16(23-20)14-5-6-18-19(10-14)28-13-27-18;/h5-6,10-11,15,17H,2-4,7-9,12-13H2,1H3,(H,22,23);1H3/t15-,17+;/m1./s1. The van der Waals surface area contributed by atoms with Gasteiger partial charge in [-0.05, 0) is 50.6 Å². The van der Waals surface area contributed by atoms with E-state index in [-0.39, 0.29) is 30.8 Å². The summed E-state index contributed by atoms with van der Waals surface area (Å²) in [4.78, 5) is 25.1. The normalized spacial score (nSPS) is 24.0. The molecule has 29 heavy (non-hydrogen) atoms. The molecule has 0 unspecified atom stereocenters. The maximum atomic E-state index is 12.8. The molecular weight excluding hydrogens is 370 g/mol. The fourth-order valence-electron chi connectivity index (χ4n) is 4.59. The zero-order valence-electron chi connectivity index (χ0n) is 16.9. The van der Waals surface area contributed by atoms with Crippen molar-refractivity contribution in [2.45, 2.75) is 31.7 Å². The summed E-state index contributed by atoms with van der Waals surface area (Å²) >= 11 is 0. The summed E-state index contributed by atoms with van der Waals surface area (Å²) in [5.41, 5.74) is 1.92. The number of likely N-dealkylation sites (tertiary alicyclic amines) is 2. The first-order valence-electron chi connectivity index (χ1n) is 10.1. The number of hydrogen-bond acceptors (Lipinski definition) is 6. The van der Waals surface area contributed by atoms with Gasteiger partial charge >= 0.3 is 0 Å². The number of aromatic amines is 1. The van der Waals surface area contributed by atoms with Crippen LogP contribution in [0.4, 0.5) is 0 Å². The highest BCUT2D eigenvalue weighted by molar-refractivity contribution is 5.81. The van der Waals surface area contributed by atoms with Gasteiger partial charge in [-0.1, -0.05) is 6.42 Å². The van der Waals surface area contributed by atoms with Crippen LogP contribution in [0.1, 0.15) is 37.5 Å². The molecule has 4 heterocycles. The number of amides is 1. The van der Waals surface area contributed by atoms with E-state index >= 15 is 0 Å². The Morgan fingerprint density at radius 3 is 2.79 bits per heavy atom. The Morgan fingerprint density at radius 1 is 1.17 bits per heavy atom. The van der Waals surface area contributed by atoms with Crippen LogP contribution in [0.25, 0.3) is 11.3 Å². The molecule has 2 atom stereocenters. The largest absolute Gasteiger partial charge is 0.454 e. The van der Waals surface area contributed by atoms with Crippen molar-refractivity contribution in [1.82, 2.24) is 25.9 Å². The molecular formula is C21H29N5O3. The highest BCUT2D eigenvalue weighted by Crippen LogP contribution is 2.38. The summed E-state index contributed by atoms with van der Waals surface area (Å²) in [6, 6.07) is 5.87. The van der Waals surface area contributed by atoms with Gasteiger partial charge in [-0.15, -0.1) is 0 Å². The number of imidazole rings is 1. The highest BCUT2D eigenvalue weighted by Gasteiger charge is 2.40. The molecule has 1 aromatic carbocycles. The number of ether oxygens (including phenoxy) is 2. The second-order valence-corrected chi connectivity index (χ2v) is 8.01. The Balaban J connectivity index is 0.00000205. The number of hydrogen-bond donors (Lipinski definition) is 2. The maximum absolute atomic E-state index is 12.8. The lowest BCUT2D eigenvalue weighted by molar-refractivity contribution is -0.131. The average molecular weight is 399 g/mol. The molecule has 4 N–H and O–H groups in total. The maximum Gasteiger partial charge on any atom is 0.231 e. The Labute approximate surface area is 170 Å². The van der Waals surface area contributed by atoms with Crippen LogP contribution in [0.5, 0.6) is 11.5 Å². The zero-order chi connectivity index (χ0) is 19.1. The van der Waals surface area contributed by atoms with Crippen molar-refractivity contribution in [3.63, 3.8) is 0 Å². The molecule has 0 spiro atoms. The number of aromatic nitrogens is 2. The average Bonchev–Trinajstić information content (AvgIpc) is 3.44. The molecule has 5 rings (SSSR count). The Hall–Kier alpha value is -2.58. The molecule has 0 bridgehead atoms. The van der Waals surface area contributed by atoms with E-state index in [1.54, 1.807) is 0 Å². The molecule has 1 aromatic heterocycles. The first-order valence-corrected chi connectivity index (χ1v) is 10.1. The van der Waals surface area contributed by atoms with Crippen molar-refractivity contribution in [3.05, 3.63) is 30.2 Å². The van der Waals surface area contributed by atoms with Gasteiger partial charge in [0.25, 0.3) is 0 Å². The fraction of sp³-hybridized carbons (Fsp3) is 0.524. The lowest BCUT2D eigenvalue weighted by atomic mass is 10.0. The number of piperidine rings is 1. The van der Waals surface area contributed by atoms with Gasteiger partial charge in [0.15, 0.2) is 11.5 Å². The number of H-pyrrole nitrogens is 1. The quantitative estimate of drug-likeness (QED) is 0.819. The van der Waals surface area contributed by atoms with Crippen LogP contribution in [0.2, 0.25) is 0 Å². The molecule has 156 valence electrons. The number of fused-ring (bicyclic) bond motifs is 1. The predicted octanol–water partition coefficient (Wildman–Crippen LogP) is 2.97. The van der Waals surface area contributed by atoms with Gasteiger partial charge < -0.3 is 30.4 Å². The SMILES string of the molecule is CN1C(=O)[C@@H](CN2CCCCC2)C[C@H]1c1ncc(-c2ccc3c(c2)OCO3)[nH]1.N. The summed E-state index contributed by atoms with van der Waals surface area (Å²) in [6.07, 6.45) is 6.46. The van der Waals surface area contributed by atoms with Crippen LogP contribution in [-0.4, -0.2) is 59.1 Å². The summed E-state index contributed by atoms with van der Waals surface area (Å²) in [5.74, 6) is 2.67. The van der Waals surface area contributed by atoms with E-state index in [1.165, 1.54) is 19.3 Å². The van der Waals surface area contributed by atoms with Crippen LogP contribution in [-0.2, 0) is 4.79 Å². The van der Waals surface area contributed by atoms with Crippen LogP contribution in [0, 0.1) is 5.92 Å². The van der Waals surface area contributed by atoms with Crippen molar-refractivity contribution >= 4 is 5.91 Å². The summed E-state index contributed by atoms with van der Waals surface area (Å²) in [7, 11) is 1.89. The first-order chi connectivity index (χ1) is 13.7. The third-order valence-electron chi connectivity index (χ3n) is 6.19. The Bertz CT molecular complexity index is 877. The minimum atomic E-state index is 0. The van der Waals surface area contributed by atoms with Gasteiger partial charge in [0, 0.05) is 19.2 Å². The first kappa shape index (κ1) is 19.7. The van der Waals surface area contributed by atoms with Crippen LogP contribution >= 0.6 is 0 Å². The molecule has 1 amide bonds. The van der Waals surface area contributed by atoms with E-state index in [0.29, 0.717) is 0 Å². The van der Waals surface area contributed by atoms with E-state index < -0.39 is 0 Å². The van der Waals surface area contributed by atoms with Crippen molar-refractivity contribution in [1.29, 1.82) is 0 Å². The molecule has 8 heteroatoms. The topological polar surface area (TPSA) is 106 Å². The van der Waals surface area contributed by atoms with Crippen LogP contribution in [0.3, 0.4) is 0 Å². The molecule has 3 aliphatic rings. The molecule has 2 fully saturated rings. The van der Waals surface area contributed by atoms with Crippen LogP contribution < -0.4 is 15.6 Å². The smallest absolute Gasteiger partial charge is 0.231 e. The monoisotopic (exact) mass is 399 g/mol. The Kier molecular flexibility index (Phi) is 5.47. The minimum Gasteiger partial charge on any atom is -0.454 e. The number of carbonyl (C=O) groups is 1. The number of nitrogens with zero attached hydrogens (tertiary/aromatic N) is 3. The number of carbonyl (C=O) groups excluding carboxylic acids is 1. The summed E-state index contributed by atoms with van der Waals surface area (Å²) in [5, 5.41) is 0. The van der Waals surface area contributed by atoms with Gasteiger partial charge in [-0.25, -0.2) is 4.98 Å². The van der Waals surface area contributed by atoms with E-state index in [1.807, 2.05) is 36.3 Å². The van der Waals surface area contributed by atoms with Gasteiger partial charge in [-0.2, -0.15) is 0 Å². The van der Waals surface area contributed by atoms with Crippen molar-refractivity contribution in [3.8, 4) is 22.8 Å². The van der Waals surface area contributed by atoms with Crippen molar-refractivity contribution in [2.75, 3.05) is 33.5 Å². The zero-order valence-corrected chi connectivity index (χ0v) is 16.9. The number of benzene rings is 1. The molecule has 0 radical (unpaired) electrons. The highest BCUT2D eigenvalue weighted by atomic mass is 16.7. The van der Waals surface area contributed by atoms with Gasteiger partial charge in [0.05, 0.1) is 23.9 Å². The summed E-state index contributed by atoms with van der Waals surface area (Å²) < 4.78 is 10.9. The molecule has 0 saturated carbocycles. The van der Waals surface area contributed by atoms with E-state index in [4.69, 9.17) is 9.47 Å². The molecule has 0 aliphatic carbocycles. The number of rotatable bonds is 4. The number of nitrogens with one attached hydrogen (secondary N) is 1. The summed E-state index contributed by atoms with van der Waals surface area (Å²) in [6.45, 7) is 3.37. The van der Waals surface area contributed by atoms with E-state index in [0.717, 1.165) is 54.6 Å². The second kappa shape index (κ2) is 8.04. The molecule has 2 saturated heterocycles. The lowest BCUT2D eigenvalue weighted by Gasteiger charge is -2.28. The second-order valence-electron chi connectivity index (χ2n) is 8.01.